The highest BCUT2D eigenvalue weighted by Crippen LogP contribution is 2.23. The molecule has 0 fully saturated rings. The minimum Gasteiger partial charge on any atom is -0.306 e. The SMILES string of the molecule is C[C@H](NCc1ccc([N+](=O)[O-])cc1Br)c1ccncc1. The lowest BCUT2D eigenvalue weighted by molar-refractivity contribution is -0.384. The zero-order valence-electron chi connectivity index (χ0n) is 10.9. The number of nitro benzene ring substituents is 1. The van der Waals surface area contributed by atoms with Crippen molar-refractivity contribution < 1.29 is 4.92 Å². The average molecular weight is 336 g/mol. The van der Waals surface area contributed by atoms with Crippen LogP contribution in [0.25, 0.3) is 0 Å². The highest BCUT2D eigenvalue weighted by Gasteiger charge is 2.10. The van der Waals surface area contributed by atoms with Gasteiger partial charge in [0.15, 0.2) is 0 Å². The van der Waals surface area contributed by atoms with Crippen LogP contribution in [-0.2, 0) is 6.54 Å². The Morgan fingerprint density at radius 3 is 2.65 bits per heavy atom. The smallest absolute Gasteiger partial charge is 0.270 e. The zero-order chi connectivity index (χ0) is 14.5. The fourth-order valence-electron chi connectivity index (χ4n) is 1.83. The summed E-state index contributed by atoms with van der Waals surface area (Å²) in [6.07, 6.45) is 3.52. The van der Waals surface area contributed by atoms with Crippen molar-refractivity contribution in [3.05, 3.63) is 68.4 Å². The van der Waals surface area contributed by atoms with E-state index >= 15 is 0 Å². The Bertz CT molecular complexity index is 605. The van der Waals surface area contributed by atoms with E-state index in [1.54, 1.807) is 18.5 Å². The van der Waals surface area contributed by atoms with Crippen molar-refractivity contribution in [2.75, 3.05) is 0 Å². The van der Waals surface area contributed by atoms with Gasteiger partial charge >= 0.3 is 0 Å². The number of hydrogen-bond donors (Lipinski definition) is 1. The second kappa shape index (κ2) is 6.58. The third kappa shape index (κ3) is 3.61. The van der Waals surface area contributed by atoms with Crippen molar-refractivity contribution >= 4 is 21.6 Å². The molecule has 0 radical (unpaired) electrons. The van der Waals surface area contributed by atoms with Gasteiger partial charge in [-0.2, -0.15) is 0 Å². The lowest BCUT2D eigenvalue weighted by Crippen LogP contribution is -2.18. The number of nitrogens with one attached hydrogen (secondary N) is 1. The van der Waals surface area contributed by atoms with Gasteiger partial charge in [-0.05, 0) is 36.2 Å². The predicted molar refractivity (Wildman–Crippen MR) is 80.3 cm³/mol. The number of rotatable bonds is 5. The molecule has 0 bridgehead atoms. The molecule has 0 saturated heterocycles. The molecule has 20 heavy (non-hydrogen) atoms. The highest BCUT2D eigenvalue weighted by atomic mass is 79.9. The minimum absolute atomic E-state index is 0.0859. The van der Waals surface area contributed by atoms with Crippen LogP contribution in [0.5, 0.6) is 0 Å². The van der Waals surface area contributed by atoms with Crippen molar-refractivity contribution in [3.8, 4) is 0 Å². The van der Waals surface area contributed by atoms with Crippen LogP contribution in [0.1, 0.15) is 24.1 Å². The summed E-state index contributed by atoms with van der Waals surface area (Å²) in [5.74, 6) is 0. The predicted octanol–water partition coefficient (Wildman–Crippen LogP) is 3.60. The third-order valence-corrected chi connectivity index (χ3v) is 3.79. The number of nitrogens with zero attached hydrogens (tertiary/aromatic N) is 2. The van der Waals surface area contributed by atoms with Crippen LogP contribution in [0.2, 0.25) is 0 Å². The molecule has 6 heteroatoms. The first-order chi connectivity index (χ1) is 9.58. The number of benzene rings is 1. The maximum atomic E-state index is 10.7. The molecule has 2 rings (SSSR count). The second-order valence-corrected chi connectivity index (χ2v) is 5.27. The monoisotopic (exact) mass is 335 g/mol. The van der Waals surface area contributed by atoms with Gasteiger partial charge in [0.05, 0.1) is 4.92 Å². The van der Waals surface area contributed by atoms with Crippen molar-refractivity contribution in [1.82, 2.24) is 10.3 Å². The van der Waals surface area contributed by atoms with E-state index in [0.29, 0.717) is 6.54 Å². The molecule has 5 nitrogen and oxygen atoms in total. The van der Waals surface area contributed by atoms with Crippen LogP contribution >= 0.6 is 15.9 Å². The lowest BCUT2D eigenvalue weighted by Gasteiger charge is -2.14. The maximum absolute atomic E-state index is 10.7. The number of pyridine rings is 1. The summed E-state index contributed by atoms with van der Waals surface area (Å²) in [5.41, 5.74) is 2.22. The van der Waals surface area contributed by atoms with Crippen molar-refractivity contribution in [2.24, 2.45) is 0 Å². The van der Waals surface area contributed by atoms with Gasteiger partial charge in [-0.1, -0.05) is 15.9 Å². The molecule has 1 heterocycles. The van der Waals surface area contributed by atoms with Crippen LogP contribution in [0, 0.1) is 10.1 Å². The molecule has 0 aliphatic heterocycles. The molecule has 1 aromatic carbocycles. The van der Waals surface area contributed by atoms with Gasteiger partial charge in [-0.3, -0.25) is 15.1 Å². The molecule has 0 spiro atoms. The van der Waals surface area contributed by atoms with Gasteiger partial charge in [-0.25, -0.2) is 0 Å². The molecule has 2 aromatic rings. The molecule has 0 unspecified atom stereocenters. The molecule has 0 aliphatic carbocycles. The van der Waals surface area contributed by atoms with E-state index < -0.39 is 4.92 Å². The number of aromatic nitrogens is 1. The quantitative estimate of drug-likeness (QED) is 0.669. The van der Waals surface area contributed by atoms with Crippen molar-refractivity contribution in [1.29, 1.82) is 0 Å². The molecule has 0 saturated carbocycles. The summed E-state index contributed by atoms with van der Waals surface area (Å²) in [5, 5.41) is 14.1. The Kier molecular flexibility index (Phi) is 4.81. The first-order valence-electron chi connectivity index (χ1n) is 6.14. The average Bonchev–Trinajstić information content (AvgIpc) is 2.46. The van der Waals surface area contributed by atoms with Gasteiger partial charge in [0.25, 0.3) is 5.69 Å². The summed E-state index contributed by atoms with van der Waals surface area (Å²) < 4.78 is 0.737. The van der Waals surface area contributed by atoms with E-state index in [-0.39, 0.29) is 11.7 Å². The Morgan fingerprint density at radius 1 is 1.35 bits per heavy atom. The van der Waals surface area contributed by atoms with E-state index in [9.17, 15) is 10.1 Å². The highest BCUT2D eigenvalue weighted by molar-refractivity contribution is 9.10. The fourth-order valence-corrected chi connectivity index (χ4v) is 2.33. The van der Waals surface area contributed by atoms with Crippen LogP contribution in [0.4, 0.5) is 5.69 Å². The Balaban J connectivity index is 2.02. The number of hydrogen-bond acceptors (Lipinski definition) is 4. The van der Waals surface area contributed by atoms with Gasteiger partial charge in [0, 0.05) is 41.6 Å². The maximum Gasteiger partial charge on any atom is 0.270 e. The Labute approximate surface area is 125 Å². The first-order valence-corrected chi connectivity index (χ1v) is 6.93. The van der Waals surface area contributed by atoms with Gasteiger partial charge in [-0.15, -0.1) is 0 Å². The minimum atomic E-state index is -0.401. The van der Waals surface area contributed by atoms with Crippen LogP contribution in [0.3, 0.4) is 0 Å². The van der Waals surface area contributed by atoms with Crippen molar-refractivity contribution in [3.63, 3.8) is 0 Å². The molecule has 104 valence electrons. The molecule has 1 atom stereocenters. The third-order valence-electron chi connectivity index (χ3n) is 3.05. The van der Waals surface area contributed by atoms with E-state index in [4.69, 9.17) is 0 Å². The topological polar surface area (TPSA) is 68.1 Å². The summed E-state index contributed by atoms with van der Waals surface area (Å²) in [4.78, 5) is 14.3. The molecular formula is C14H14BrN3O2. The molecule has 0 aliphatic rings. The zero-order valence-corrected chi connectivity index (χ0v) is 12.5. The second-order valence-electron chi connectivity index (χ2n) is 4.42. The Hall–Kier alpha value is -1.79. The summed E-state index contributed by atoms with van der Waals surface area (Å²) in [6, 6.07) is 8.90. The van der Waals surface area contributed by atoms with Crippen LogP contribution < -0.4 is 5.32 Å². The number of non-ortho nitro benzene ring substituents is 1. The molecule has 0 amide bonds. The first kappa shape index (κ1) is 14.6. The largest absolute Gasteiger partial charge is 0.306 e. The van der Waals surface area contributed by atoms with E-state index in [1.165, 1.54) is 12.1 Å². The van der Waals surface area contributed by atoms with E-state index in [2.05, 4.69) is 33.2 Å². The van der Waals surface area contributed by atoms with Gasteiger partial charge in [0.1, 0.15) is 0 Å². The summed E-state index contributed by atoms with van der Waals surface area (Å²) in [7, 11) is 0. The van der Waals surface area contributed by atoms with Crippen molar-refractivity contribution in [2.45, 2.75) is 19.5 Å². The van der Waals surface area contributed by atoms with Crippen LogP contribution in [0.15, 0.2) is 47.2 Å². The lowest BCUT2D eigenvalue weighted by atomic mass is 10.1. The normalized spacial score (nSPS) is 12.1. The fraction of sp³-hybridized carbons (Fsp3) is 0.214. The summed E-state index contributed by atoms with van der Waals surface area (Å²) in [6.45, 7) is 2.69. The molecule has 1 N–H and O–H groups in total. The summed E-state index contributed by atoms with van der Waals surface area (Å²) >= 11 is 3.37. The number of nitro groups is 1. The van der Waals surface area contributed by atoms with E-state index in [1.807, 2.05) is 12.1 Å². The van der Waals surface area contributed by atoms with Crippen LogP contribution in [-0.4, -0.2) is 9.91 Å². The Morgan fingerprint density at radius 2 is 2.05 bits per heavy atom. The van der Waals surface area contributed by atoms with Gasteiger partial charge in [0.2, 0.25) is 0 Å². The standard InChI is InChI=1S/C14H14BrN3O2/c1-10(11-4-6-16-7-5-11)17-9-12-2-3-13(18(19)20)8-14(12)15/h2-8,10,17H,9H2,1H3/t10-/m0/s1. The number of halogens is 1. The molecular weight excluding hydrogens is 322 g/mol. The van der Waals surface area contributed by atoms with E-state index in [0.717, 1.165) is 15.6 Å². The van der Waals surface area contributed by atoms with Gasteiger partial charge < -0.3 is 5.32 Å². The molecule has 1 aromatic heterocycles.